The number of ether oxygens (including phenoxy) is 1. The second kappa shape index (κ2) is 9.37. The fraction of sp³-hybridized carbons (Fsp3) is 0.120. The lowest BCUT2D eigenvalue weighted by Crippen LogP contribution is -2.29. The fourth-order valence-corrected chi connectivity index (χ4v) is 5.22. The molecule has 34 heavy (non-hydrogen) atoms. The smallest absolute Gasteiger partial charge is 0.174 e. The van der Waals surface area contributed by atoms with E-state index >= 15 is 0 Å². The minimum absolute atomic E-state index is 0.273. The average molecular weight is 559 g/mol. The summed E-state index contributed by atoms with van der Waals surface area (Å²) in [6.07, 6.45) is 1.74. The highest BCUT2D eigenvalue weighted by Gasteiger charge is 2.42. The lowest BCUT2D eigenvalue weighted by atomic mass is 10.0. The molecule has 5 nitrogen and oxygen atoms in total. The molecule has 0 aliphatic carbocycles. The van der Waals surface area contributed by atoms with E-state index in [-0.39, 0.29) is 17.9 Å². The Morgan fingerprint density at radius 3 is 2.71 bits per heavy atom. The van der Waals surface area contributed by atoms with Crippen molar-refractivity contribution in [1.29, 1.82) is 0 Å². The number of nitrogens with one attached hydrogen (secondary N) is 1. The summed E-state index contributed by atoms with van der Waals surface area (Å²) in [6.45, 7) is 0. The number of pyridine rings is 1. The predicted octanol–water partition coefficient (Wildman–Crippen LogP) is 7.08. The zero-order valence-corrected chi connectivity index (χ0v) is 21.0. The average Bonchev–Trinajstić information content (AvgIpc) is 3.44. The van der Waals surface area contributed by atoms with Gasteiger partial charge in [0.1, 0.15) is 29.1 Å². The molecule has 172 valence electrons. The van der Waals surface area contributed by atoms with E-state index in [1.54, 1.807) is 25.4 Å². The molecule has 9 heteroatoms. The number of methoxy groups -OCH3 is 1. The monoisotopic (exact) mass is 557 g/mol. The molecule has 2 aromatic carbocycles. The van der Waals surface area contributed by atoms with Gasteiger partial charge in [-0.3, -0.25) is 4.98 Å². The van der Waals surface area contributed by atoms with Gasteiger partial charge in [-0.15, -0.1) is 0 Å². The van der Waals surface area contributed by atoms with Crippen LogP contribution < -0.4 is 15.0 Å². The van der Waals surface area contributed by atoms with Crippen LogP contribution in [-0.2, 0) is 0 Å². The second-order valence-corrected chi connectivity index (χ2v) is 9.29. The molecule has 3 heterocycles. The zero-order valence-electron chi connectivity index (χ0n) is 17.8. The van der Waals surface area contributed by atoms with Crippen LogP contribution in [0.3, 0.4) is 0 Å². The number of hydrogen-bond donors (Lipinski definition) is 1. The van der Waals surface area contributed by atoms with Crippen LogP contribution in [0.1, 0.15) is 23.5 Å². The summed E-state index contributed by atoms with van der Waals surface area (Å²) < 4.78 is 25.8. The third-order valence-electron chi connectivity index (χ3n) is 5.63. The summed E-state index contributed by atoms with van der Waals surface area (Å²) >= 11 is 15.6. The Morgan fingerprint density at radius 1 is 1.15 bits per heavy atom. The van der Waals surface area contributed by atoms with Gasteiger partial charge >= 0.3 is 0 Å². The molecule has 0 radical (unpaired) electrons. The topological polar surface area (TPSA) is 50.5 Å². The van der Waals surface area contributed by atoms with Crippen LogP contribution in [0.25, 0.3) is 11.3 Å². The number of hydrogen-bond acceptors (Lipinski definition) is 4. The number of halogens is 3. The van der Waals surface area contributed by atoms with E-state index in [0.29, 0.717) is 31.9 Å². The highest BCUT2D eigenvalue weighted by molar-refractivity contribution is 9.10. The number of aromatic nitrogens is 1. The third kappa shape index (κ3) is 4.17. The maximum Gasteiger partial charge on any atom is 0.174 e. The van der Waals surface area contributed by atoms with Crippen LogP contribution in [0.5, 0.6) is 5.75 Å². The summed E-state index contributed by atoms with van der Waals surface area (Å²) in [5, 5.41) is 4.37. The van der Waals surface area contributed by atoms with Gasteiger partial charge in [0, 0.05) is 21.9 Å². The molecule has 0 bridgehead atoms. The lowest BCUT2D eigenvalue weighted by molar-refractivity contribution is 0.415. The van der Waals surface area contributed by atoms with Crippen LogP contribution in [0.2, 0.25) is 5.02 Å². The van der Waals surface area contributed by atoms with Gasteiger partial charge in [0.25, 0.3) is 0 Å². The molecule has 0 unspecified atom stereocenters. The molecule has 0 saturated carbocycles. The Hall–Kier alpha value is -2.94. The molecular weight excluding hydrogens is 541 g/mol. The van der Waals surface area contributed by atoms with Crippen molar-refractivity contribution in [2.75, 3.05) is 12.0 Å². The summed E-state index contributed by atoms with van der Waals surface area (Å²) in [5.74, 6) is 1.52. The number of rotatable bonds is 5. The number of furan rings is 1. The Kier molecular flexibility index (Phi) is 6.29. The minimum atomic E-state index is -0.347. The maximum absolute atomic E-state index is 13.6. The molecule has 1 saturated heterocycles. The standard InChI is InChI=1S/C25H18BrClFN3O2S/c1-32-21-8-6-15(13-18(21)27)31-24(23(30-25(31)34)19-4-2-3-11-29-19)22-10-9-20(33-22)16-7-5-14(28)12-17(16)26/h2-13,23-24H,1H3,(H,30,34)/t23-,24-/m0/s1. The SMILES string of the molecule is COc1ccc(N2C(=S)N[C@@H](c3ccccn3)[C@@H]2c2ccc(-c3ccc(F)cc3Br)o2)cc1Cl. The third-order valence-corrected chi connectivity index (χ3v) is 6.89. The van der Waals surface area contributed by atoms with Gasteiger partial charge in [-0.2, -0.15) is 0 Å². The first-order valence-corrected chi connectivity index (χ1v) is 11.9. The fourth-order valence-electron chi connectivity index (χ4n) is 4.07. The van der Waals surface area contributed by atoms with Crippen LogP contribution in [0.4, 0.5) is 10.1 Å². The number of thiocarbonyl (C=S) groups is 1. The Balaban J connectivity index is 1.61. The Bertz CT molecular complexity index is 1370. The Morgan fingerprint density at radius 2 is 2.00 bits per heavy atom. The highest BCUT2D eigenvalue weighted by atomic mass is 79.9. The van der Waals surface area contributed by atoms with E-state index in [2.05, 4.69) is 26.2 Å². The summed E-state index contributed by atoms with van der Waals surface area (Å²) in [4.78, 5) is 6.51. The van der Waals surface area contributed by atoms with E-state index in [1.807, 2.05) is 47.4 Å². The maximum atomic E-state index is 13.6. The summed E-state index contributed by atoms with van der Waals surface area (Å²) in [7, 11) is 1.57. The van der Waals surface area contributed by atoms with Gasteiger partial charge < -0.3 is 19.4 Å². The normalized spacial score (nSPS) is 17.6. The molecule has 2 aromatic heterocycles. The number of benzene rings is 2. The molecule has 1 aliphatic heterocycles. The number of anilines is 1. The first-order chi connectivity index (χ1) is 16.5. The van der Waals surface area contributed by atoms with E-state index < -0.39 is 0 Å². The van der Waals surface area contributed by atoms with Crippen molar-refractivity contribution in [2.24, 2.45) is 0 Å². The molecule has 1 fully saturated rings. The second-order valence-electron chi connectivity index (χ2n) is 7.64. The van der Waals surface area contributed by atoms with Gasteiger partial charge in [-0.05, 0) is 88.8 Å². The first kappa shape index (κ1) is 22.8. The molecule has 1 aliphatic rings. The van der Waals surface area contributed by atoms with Crippen molar-refractivity contribution >= 4 is 50.5 Å². The van der Waals surface area contributed by atoms with Crippen LogP contribution in [-0.4, -0.2) is 17.2 Å². The van der Waals surface area contributed by atoms with E-state index in [4.69, 9.17) is 33.0 Å². The van der Waals surface area contributed by atoms with Crippen molar-refractivity contribution < 1.29 is 13.5 Å². The first-order valence-electron chi connectivity index (χ1n) is 10.4. The minimum Gasteiger partial charge on any atom is -0.495 e. The summed E-state index contributed by atoms with van der Waals surface area (Å²) in [5.41, 5.74) is 2.35. The van der Waals surface area contributed by atoms with E-state index in [9.17, 15) is 4.39 Å². The molecule has 2 atom stereocenters. The van der Waals surface area contributed by atoms with Crippen molar-refractivity contribution in [3.63, 3.8) is 0 Å². The zero-order chi connectivity index (χ0) is 23.8. The lowest BCUT2D eigenvalue weighted by Gasteiger charge is -2.26. The molecule has 4 aromatic rings. The van der Waals surface area contributed by atoms with Gasteiger partial charge in [-0.25, -0.2) is 4.39 Å². The quantitative estimate of drug-likeness (QED) is 0.264. The van der Waals surface area contributed by atoms with E-state index in [1.165, 1.54) is 12.1 Å². The van der Waals surface area contributed by atoms with Crippen LogP contribution in [0.15, 0.2) is 81.8 Å². The van der Waals surface area contributed by atoms with Crippen LogP contribution in [0, 0.1) is 5.82 Å². The Labute approximate surface area is 214 Å². The van der Waals surface area contributed by atoms with Gasteiger partial charge in [0.15, 0.2) is 5.11 Å². The van der Waals surface area contributed by atoms with Gasteiger partial charge in [-0.1, -0.05) is 17.7 Å². The molecule has 1 N–H and O–H groups in total. The predicted molar refractivity (Wildman–Crippen MR) is 138 cm³/mol. The van der Waals surface area contributed by atoms with Crippen molar-refractivity contribution in [1.82, 2.24) is 10.3 Å². The highest BCUT2D eigenvalue weighted by Crippen LogP contribution is 2.44. The van der Waals surface area contributed by atoms with Crippen molar-refractivity contribution in [3.8, 4) is 17.1 Å². The molecular formula is C25H18BrClFN3O2S. The molecule has 5 rings (SSSR count). The van der Waals surface area contributed by atoms with Crippen LogP contribution >= 0.6 is 39.7 Å². The molecule has 0 spiro atoms. The van der Waals surface area contributed by atoms with Crippen molar-refractivity contribution in [3.05, 3.63) is 99.7 Å². The van der Waals surface area contributed by atoms with Crippen molar-refractivity contribution in [2.45, 2.75) is 12.1 Å². The largest absolute Gasteiger partial charge is 0.495 e. The van der Waals surface area contributed by atoms with Gasteiger partial charge in [0.2, 0.25) is 0 Å². The number of nitrogens with zero attached hydrogens (tertiary/aromatic N) is 2. The molecule has 0 amide bonds. The van der Waals surface area contributed by atoms with E-state index in [0.717, 1.165) is 16.9 Å². The summed E-state index contributed by atoms with van der Waals surface area (Å²) in [6, 6.07) is 18.9. The van der Waals surface area contributed by atoms with Gasteiger partial charge in [0.05, 0.1) is 23.9 Å².